The van der Waals surface area contributed by atoms with E-state index >= 15 is 0 Å². The summed E-state index contributed by atoms with van der Waals surface area (Å²) in [4.78, 5) is 37.7. The second kappa shape index (κ2) is 52.0. The van der Waals surface area contributed by atoms with Crippen LogP contribution in [0.4, 0.5) is 0 Å². The summed E-state index contributed by atoms with van der Waals surface area (Å²) in [7, 11) is 1.13. The van der Waals surface area contributed by atoms with Crippen molar-refractivity contribution in [3.05, 3.63) is 134 Å². The van der Waals surface area contributed by atoms with E-state index < -0.39 is 32.5 Å². The van der Waals surface area contributed by atoms with Crippen molar-refractivity contribution in [1.29, 1.82) is 0 Å². The Morgan fingerprint density at radius 2 is 0.792 bits per heavy atom. The number of likely N-dealkylation sites (N-methyl/N-ethyl adjacent to an activating group) is 1. The molecule has 10 heteroatoms. The molecule has 0 aromatic heterocycles. The van der Waals surface area contributed by atoms with Gasteiger partial charge in [-0.15, -0.1) is 0 Å². The SMILES string of the molecule is CC/C=C\C/C=C\C/C=C\C/C=C\C/C=C\C/C=C\C/C=C\C/C=C\C/C=C\C/C=C\CCCCCCCCC(=O)OC(COC(=O)CCCCCCC/C=C\CCCC)COP(=O)([O-])OCC[N+](C)(C)C. The molecular formula is C62H102NO8P. The van der Waals surface area contributed by atoms with E-state index in [1.807, 2.05) is 21.1 Å². The number of carbonyl (C=O) groups is 2. The molecule has 0 fully saturated rings. The van der Waals surface area contributed by atoms with Gasteiger partial charge in [-0.1, -0.05) is 205 Å². The van der Waals surface area contributed by atoms with Crippen LogP contribution in [0.15, 0.2) is 134 Å². The lowest BCUT2D eigenvalue weighted by atomic mass is 10.1. The standard InChI is InChI=1S/C62H102NO8P/c1-6-8-10-12-14-16-18-19-20-21-22-23-24-25-26-27-28-29-30-31-32-33-34-35-36-37-38-39-40-41-42-43-45-47-49-51-53-55-62(65)71-60(59-70-72(66,67)69-57-56-63(3,4)5)58-68-61(64)54-52-50-48-46-44-17-15-13-11-9-7-2/h8,10,13-16,19-20,22-23,25-26,28-29,31-32,34-35,37-38,40-41,60H,6-7,9,11-12,17-18,21,24,27,30,33,36,39,42-59H2,1-5H3/b10-8-,15-13-,16-14-,20-19-,23-22-,26-25-,29-28-,32-31-,35-34-,38-37-,41-40-. The fourth-order valence-corrected chi connectivity index (χ4v) is 7.57. The number of phosphoric acid groups is 1. The Bertz CT molecular complexity index is 1670. The topological polar surface area (TPSA) is 111 Å². The smallest absolute Gasteiger partial charge is 0.306 e. The summed E-state index contributed by atoms with van der Waals surface area (Å²) in [5.74, 6) is -0.874. The highest BCUT2D eigenvalue weighted by molar-refractivity contribution is 7.45. The van der Waals surface area contributed by atoms with Gasteiger partial charge >= 0.3 is 11.9 Å². The van der Waals surface area contributed by atoms with Crippen molar-refractivity contribution in [1.82, 2.24) is 0 Å². The van der Waals surface area contributed by atoms with Gasteiger partial charge in [-0.3, -0.25) is 14.2 Å². The molecule has 0 saturated carbocycles. The van der Waals surface area contributed by atoms with Gasteiger partial charge in [0.15, 0.2) is 6.10 Å². The van der Waals surface area contributed by atoms with E-state index in [2.05, 4.69) is 148 Å². The van der Waals surface area contributed by atoms with Crippen molar-refractivity contribution in [2.45, 2.75) is 200 Å². The fraction of sp³-hybridized carbons (Fsp3) is 0.613. The first kappa shape index (κ1) is 68.2. The maximum atomic E-state index is 12.7. The number of esters is 2. The van der Waals surface area contributed by atoms with Crippen LogP contribution in [0.2, 0.25) is 0 Å². The quantitative estimate of drug-likeness (QED) is 0.0195. The van der Waals surface area contributed by atoms with Crippen LogP contribution >= 0.6 is 7.82 Å². The number of hydrogen-bond donors (Lipinski definition) is 0. The average molecular weight is 1020 g/mol. The van der Waals surface area contributed by atoms with Crippen molar-refractivity contribution in [2.75, 3.05) is 47.5 Å². The fourth-order valence-electron chi connectivity index (χ4n) is 6.84. The number of carbonyl (C=O) groups excluding carboxylic acids is 2. The third-order valence-electron chi connectivity index (χ3n) is 11.2. The van der Waals surface area contributed by atoms with Crippen LogP contribution in [-0.2, 0) is 32.7 Å². The molecule has 0 heterocycles. The number of nitrogens with zero attached hydrogens (tertiary/aromatic N) is 1. The van der Waals surface area contributed by atoms with Crippen LogP contribution in [0.3, 0.4) is 0 Å². The lowest BCUT2D eigenvalue weighted by molar-refractivity contribution is -0.870. The number of allylic oxidation sites excluding steroid dienone is 22. The van der Waals surface area contributed by atoms with Crippen LogP contribution in [0.5, 0.6) is 0 Å². The first-order valence-corrected chi connectivity index (χ1v) is 29.4. The van der Waals surface area contributed by atoms with Gasteiger partial charge in [-0.05, 0) is 109 Å². The lowest BCUT2D eigenvalue weighted by Gasteiger charge is -2.28. The van der Waals surface area contributed by atoms with Gasteiger partial charge in [0, 0.05) is 12.8 Å². The van der Waals surface area contributed by atoms with Gasteiger partial charge in [0.05, 0.1) is 27.7 Å². The molecule has 2 unspecified atom stereocenters. The Hall–Kier alpha value is -3.85. The van der Waals surface area contributed by atoms with E-state index in [1.54, 1.807) is 0 Å². The minimum Gasteiger partial charge on any atom is -0.756 e. The Kier molecular flexibility index (Phi) is 49.2. The molecule has 0 aliphatic carbocycles. The Balaban J connectivity index is 4.17. The first-order chi connectivity index (χ1) is 35.0. The molecule has 0 rings (SSSR count). The van der Waals surface area contributed by atoms with Crippen LogP contribution in [0.25, 0.3) is 0 Å². The zero-order chi connectivity index (χ0) is 52.7. The summed E-state index contributed by atoms with van der Waals surface area (Å²) < 4.78 is 34.0. The average Bonchev–Trinajstić information content (AvgIpc) is 3.34. The van der Waals surface area contributed by atoms with E-state index in [0.717, 1.165) is 141 Å². The number of rotatable bonds is 49. The molecule has 0 aromatic carbocycles. The summed E-state index contributed by atoms with van der Waals surface area (Å²) in [5, 5.41) is 0. The molecule has 0 amide bonds. The van der Waals surface area contributed by atoms with E-state index in [-0.39, 0.29) is 26.1 Å². The van der Waals surface area contributed by atoms with E-state index in [4.69, 9.17) is 18.5 Å². The molecule has 0 N–H and O–H groups in total. The van der Waals surface area contributed by atoms with Crippen LogP contribution in [-0.4, -0.2) is 70.0 Å². The van der Waals surface area contributed by atoms with E-state index in [1.165, 1.54) is 12.8 Å². The molecule has 9 nitrogen and oxygen atoms in total. The number of ether oxygens (including phenoxy) is 2. The van der Waals surface area contributed by atoms with Gasteiger partial charge < -0.3 is 27.9 Å². The van der Waals surface area contributed by atoms with Gasteiger partial charge in [0.2, 0.25) is 0 Å². The normalized spacial score (nSPS) is 14.4. The second-order valence-electron chi connectivity index (χ2n) is 19.2. The van der Waals surface area contributed by atoms with Gasteiger partial charge in [-0.25, -0.2) is 0 Å². The zero-order valence-corrected chi connectivity index (χ0v) is 47.0. The van der Waals surface area contributed by atoms with Crippen molar-refractivity contribution >= 4 is 19.8 Å². The van der Waals surface area contributed by atoms with Crippen LogP contribution in [0.1, 0.15) is 194 Å². The highest BCUT2D eigenvalue weighted by Crippen LogP contribution is 2.38. The number of unbranched alkanes of at least 4 members (excludes halogenated alkanes) is 13. The predicted molar refractivity (Wildman–Crippen MR) is 304 cm³/mol. The largest absolute Gasteiger partial charge is 0.756 e. The minimum absolute atomic E-state index is 0.0422. The molecule has 0 bridgehead atoms. The third kappa shape index (κ3) is 55.5. The molecule has 72 heavy (non-hydrogen) atoms. The summed E-state index contributed by atoms with van der Waals surface area (Å²) in [6.45, 7) is 4.02. The monoisotopic (exact) mass is 1020 g/mol. The van der Waals surface area contributed by atoms with Crippen molar-refractivity contribution < 1.29 is 42.1 Å². The molecule has 0 aliphatic rings. The van der Waals surface area contributed by atoms with Crippen molar-refractivity contribution in [2.24, 2.45) is 0 Å². The minimum atomic E-state index is -4.64. The summed E-state index contributed by atoms with van der Waals surface area (Å²) in [6.07, 6.45) is 75.1. The third-order valence-corrected chi connectivity index (χ3v) is 12.1. The summed E-state index contributed by atoms with van der Waals surface area (Å²) in [5.41, 5.74) is 0. The lowest BCUT2D eigenvalue weighted by Crippen LogP contribution is -2.37. The zero-order valence-electron chi connectivity index (χ0n) is 46.1. The number of quaternary nitrogens is 1. The van der Waals surface area contributed by atoms with Gasteiger partial charge in [-0.2, -0.15) is 0 Å². The molecular weight excluding hydrogens is 918 g/mol. The molecule has 0 spiro atoms. The number of hydrogen-bond acceptors (Lipinski definition) is 8. The van der Waals surface area contributed by atoms with Gasteiger partial charge in [0.25, 0.3) is 7.82 Å². The van der Waals surface area contributed by atoms with E-state index in [9.17, 15) is 19.0 Å². The first-order valence-electron chi connectivity index (χ1n) is 27.9. The van der Waals surface area contributed by atoms with Crippen molar-refractivity contribution in [3.8, 4) is 0 Å². The predicted octanol–water partition coefficient (Wildman–Crippen LogP) is 16.7. The van der Waals surface area contributed by atoms with E-state index in [0.29, 0.717) is 23.9 Å². The summed E-state index contributed by atoms with van der Waals surface area (Å²) >= 11 is 0. The molecule has 0 radical (unpaired) electrons. The molecule has 2 atom stereocenters. The molecule has 0 aliphatic heterocycles. The maximum absolute atomic E-state index is 12.7. The maximum Gasteiger partial charge on any atom is 0.306 e. The Morgan fingerprint density at radius 3 is 1.19 bits per heavy atom. The Morgan fingerprint density at radius 1 is 0.444 bits per heavy atom. The molecule has 408 valence electrons. The van der Waals surface area contributed by atoms with Crippen LogP contribution < -0.4 is 4.89 Å². The van der Waals surface area contributed by atoms with Crippen molar-refractivity contribution in [3.63, 3.8) is 0 Å². The highest BCUT2D eigenvalue weighted by Gasteiger charge is 2.21. The Labute approximate surface area is 441 Å². The number of phosphoric ester groups is 1. The van der Waals surface area contributed by atoms with Gasteiger partial charge in [0.1, 0.15) is 19.8 Å². The van der Waals surface area contributed by atoms with Crippen LogP contribution in [0, 0.1) is 0 Å². The molecule has 0 saturated heterocycles. The summed E-state index contributed by atoms with van der Waals surface area (Å²) in [6, 6.07) is 0. The highest BCUT2D eigenvalue weighted by atomic mass is 31.2. The second-order valence-corrected chi connectivity index (χ2v) is 20.6. The molecule has 0 aromatic rings.